The number of H-pyrrole nitrogens is 1. The van der Waals surface area contributed by atoms with E-state index in [4.69, 9.17) is 14.7 Å². The number of nitrogens with one attached hydrogen (secondary N) is 2. The zero-order valence-corrected chi connectivity index (χ0v) is 22.8. The van der Waals surface area contributed by atoms with Crippen LogP contribution in [0.1, 0.15) is 17.5 Å². The van der Waals surface area contributed by atoms with Gasteiger partial charge in [0, 0.05) is 44.1 Å². The van der Waals surface area contributed by atoms with Crippen molar-refractivity contribution in [3.8, 4) is 5.75 Å². The number of likely N-dealkylation sites (N-methyl/N-ethyl adjacent to an activating group) is 1. The summed E-state index contributed by atoms with van der Waals surface area (Å²) in [6, 6.07) is 12.9. The standard InChI is InChI=1S/C28H32N8OS/c1-18-16-21(24(37-3)17-23(18)34-12-5-11-33(2)14-15-34)30-28-31-26-20(8-10-29-26)27(32-28)36-22-7-4-6-19-9-13-35(38-36)25(19)22/h4,6-8,10,16-17H,5,9,11-15H2,1-3H3,(H2,29,30,31,32). The van der Waals surface area contributed by atoms with Gasteiger partial charge in [0.25, 0.3) is 0 Å². The van der Waals surface area contributed by atoms with Crippen LogP contribution in [0.25, 0.3) is 11.0 Å². The van der Waals surface area contributed by atoms with Gasteiger partial charge in [0.05, 0.1) is 41.7 Å². The maximum absolute atomic E-state index is 5.86. The lowest BCUT2D eigenvalue weighted by atomic mass is 10.1. The number of methoxy groups -OCH3 is 1. The summed E-state index contributed by atoms with van der Waals surface area (Å²) in [7, 11) is 3.92. The van der Waals surface area contributed by atoms with Crippen molar-refractivity contribution < 1.29 is 4.74 Å². The molecule has 4 aromatic rings. The number of aryl methyl sites for hydroxylation is 1. The predicted molar refractivity (Wildman–Crippen MR) is 156 cm³/mol. The number of para-hydroxylation sites is 1. The molecule has 0 unspecified atom stereocenters. The Morgan fingerprint density at radius 1 is 1.03 bits per heavy atom. The fourth-order valence-electron chi connectivity index (χ4n) is 5.77. The zero-order valence-electron chi connectivity index (χ0n) is 22.0. The molecule has 38 heavy (non-hydrogen) atoms. The van der Waals surface area contributed by atoms with Gasteiger partial charge in [-0.3, -0.25) is 4.31 Å². The highest BCUT2D eigenvalue weighted by atomic mass is 32.2. The molecular weight excluding hydrogens is 496 g/mol. The molecule has 0 radical (unpaired) electrons. The predicted octanol–water partition coefficient (Wildman–Crippen LogP) is 5.24. The highest BCUT2D eigenvalue weighted by molar-refractivity contribution is 8.02. The third kappa shape index (κ3) is 3.90. The minimum Gasteiger partial charge on any atom is -0.494 e. The summed E-state index contributed by atoms with van der Waals surface area (Å²) in [6.07, 6.45) is 4.16. The molecule has 2 N–H and O–H groups in total. The van der Waals surface area contributed by atoms with Gasteiger partial charge in [-0.25, -0.2) is 4.31 Å². The van der Waals surface area contributed by atoms with Crippen LogP contribution < -0.4 is 23.6 Å². The molecule has 0 bridgehead atoms. The molecule has 0 atom stereocenters. The van der Waals surface area contributed by atoms with Gasteiger partial charge in [0.1, 0.15) is 11.4 Å². The first-order chi connectivity index (χ1) is 18.6. The Kier molecular flexibility index (Phi) is 5.74. The number of hydrogen-bond acceptors (Lipinski definition) is 9. The fraction of sp³-hybridized carbons (Fsp3) is 0.357. The smallest absolute Gasteiger partial charge is 0.231 e. The molecule has 196 valence electrons. The molecule has 7 rings (SSSR count). The molecular formula is C28H32N8OS. The van der Waals surface area contributed by atoms with E-state index in [9.17, 15) is 0 Å². The lowest BCUT2D eigenvalue weighted by Crippen LogP contribution is -2.29. The van der Waals surface area contributed by atoms with Gasteiger partial charge in [-0.05, 0) is 62.7 Å². The Balaban J connectivity index is 1.24. The van der Waals surface area contributed by atoms with Crippen molar-refractivity contribution >= 4 is 57.7 Å². The summed E-state index contributed by atoms with van der Waals surface area (Å²) in [5.41, 5.74) is 7.96. The Labute approximate surface area is 227 Å². The van der Waals surface area contributed by atoms with Crippen molar-refractivity contribution in [2.75, 3.05) is 65.7 Å². The molecule has 0 aliphatic carbocycles. The van der Waals surface area contributed by atoms with Crippen LogP contribution in [-0.4, -0.2) is 66.7 Å². The highest BCUT2D eigenvalue weighted by Crippen LogP contribution is 2.53. The lowest BCUT2D eigenvalue weighted by molar-refractivity contribution is 0.360. The molecule has 2 aromatic heterocycles. The average Bonchev–Trinajstić information content (AvgIpc) is 3.61. The van der Waals surface area contributed by atoms with E-state index >= 15 is 0 Å². The Bertz CT molecular complexity index is 1520. The van der Waals surface area contributed by atoms with Gasteiger partial charge in [-0.2, -0.15) is 9.97 Å². The number of rotatable bonds is 5. The largest absolute Gasteiger partial charge is 0.494 e. The number of aromatic nitrogens is 3. The van der Waals surface area contributed by atoms with Gasteiger partial charge < -0.3 is 24.8 Å². The molecule has 9 nitrogen and oxygen atoms in total. The van der Waals surface area contributed by atoms with Gasteiger partial charge in [-0.1, -0.05) is 12.1 Å². The van der Waals surface area contributed by atoms with E-state index in [1.54, 1.807) is 19.2 Å². The van der Waals surface area contributed by atoms with Crippen molar-refractivity contribution in [1.29, 1.82) is 0 Å². The quantitative estimate of drug-likeness (QED) is 0.338. The summed E-state index contributed by atoms with van der Waals surface area (Å²) >= 11 is 1.71. The molecule has 5 heterocycles. The molecule has 3 aliphatic rings. The first kappa shape index (κ1) is 23.5. The molecule has 1 saturated heterocycles. The number of aromatic amines is 1. The van der Waals surface area contributed by atoms with Gasteiger partial charge >= 0.3 is 0 Å². The minimum absolute atomic E-state index is 0.533. The lowest BCUT2D eigenvalue weighted by Gasteiger charge is -2.26. The number of anilines is 6. The monoisotopic (exact) mass is 528 g/mol. The van der Waals surface area contributed by atoms with E-state index in [1.807, 2.05) is 12.3 Å². The van der Waals surface area contributed by atoms with Crippen molar-refractivity contribution in [2.24, 2.45) is 0 Å². The SMILES string of the molecule is COc1cc(N2CCCN(C)CC2)c(C)cc1Nc1nc(N2SN3CCc4cccc2c43)c2cc[nH]c2n1. The van der Waals surface area contributed by atoms with E-state index in [2.05, 4.69) is 73.0 Å². The molecule has 10 heteroatoms. The summed E-state index contributed by atoms with van der Waals surface area (Å²) in [6.45, 7) is 7.42. The van der Waals surface area contributed by atoms with Crippen LogP contribution in [0, 0.1) is 6.92 Å². The first-order valence-electron chi connectivity index (χ1n) is 13.2. The van der Waals surface area contributed by atoms with Gasteiger partial charge in [0.15, 0.2) is 5.82 Å². The topological polar surface area (TPSA) is 75.8 Å². The fourth-order valence-corrected chi connectivity index (χ4v) is 6.88. The van der Waals surface area contributed by atoms with Crippen LogP contribution in [0.4, 0.5) is 34.5 Å². The third-order valence-electron chi connectivity index (χ3n) is 7.74. The van der Waals surface area contributed by atoms with Crippen LogP contribution in [0.2, 0.25) is 0 Å². The molecule has 0 saturated carbocycles. The summed E-state index contributed by atoms with van der Waals surface area (Å²) in [5, 5.41) is 4.47. The second-order valence-electron chi connectivity index (χ2n) is 10.2. The molecule has 3 aliphatic heterocycles. The van der Waals surface area contributed by atoms with Crippen LogP contribution in [0.5, 0.6) is 5.75 Å². The maximum Gasteiger partial charge on any atom is 0.231 e. The number of fused-ring (bicyclic) bond motifs is 1. The number of benzene rings is 2. The van der Waals surface area contributed by atoms with Gasteiger partial charge in [0.2, 0.25) is 5.95 Å². The summed E-state index contributed by atoms with van der Waals surface area (Å²) in [5.74, 6) is 2.18. The van der Waals surface area contributed by atoms with Gasteiger partial charge in [-0.15, -0.1) is 0 Å². The van der Waals surface area contributed by atoms with E-state index in [0.717, 1.165) is 73.9 Å². The Hall–Kier alpha value is -3.63. The van der Waals surface area contributed by atoms with Crippen LogP contribution in [0.3, 0.4) is 0 Å². The first-order valence-corrected chi connectivity index (χ1v) is 13.9. The Morgan fingerprint density at radius 2 is 1.95 bits per heavy atom. The van der Waals surface area contributed by atoms with Crippen LogP contribution >= 0.6 is 12.1 Å². The second kappa shape index (κ2) is 9.28. The number of ether oxygens (including phenoxy) is 1. The number of nitrogens with zero attached hydrogens (tertiary/aromatic N) is 6. The normalized spacial score (nSPS) is 17.3. The summed E-state index contributed by atoms with van der Waals surface area (Å²) < 4.78 is 10.4. The second-order valence-corrected chi connectivity index (χ2v) is 11.2. The van der Waals surface area contributed by atoms with E-state index < -0.39 is 0 Å². The van der Waals surface area contributed by atoms with Crippen molar-refractivity contribution in [3.05, 3.63) is 53.7 Å². The van der Waals surface area contributed by atoms with Crippen molar-refractivity contribution in [2.45, 2.75) is 19.8 Å². The number of hydrogen-bond donors (Lipinski definition) is 2. The summed E-state index contributed by atoms with van der Waals surface area (Å²) in [4.78, 5) is 18.0. The molecule has 0 amide bonds. The van der Waals surface area contributed by atoms with E-state index in [-0.39, 0.29) is 0 Å². The van der Waals surface area contributed by atoms with Crippen molar-refractivity contribution in [1.82, 2.24) is 19.9 Å². The van der Waals surface area contributed by atoms with E-state index in [0.29, 0.717) is 5.95 Å². The zero-order chi connectivity index (χ0) is 25.8. The average molecular weight is 529 g/mol. The molecule has 1 fully saturated rings. The maximum atomic E-state index is 5.86. The molecule has 0 spiro atoms. The highest BCUT2D eigenvalue weighted by Gasteiger charge is 2.36. The van der Waals surface area contributed by atoms with Crippen LogP contribution in [-0.2, 0) is 6.42 Å². The van der Waals surface area contributed by atoms with Crippen molar-refractivity contribution in [3.63, 3.8) is 0 Å². The van der Waals surface area contributed by atoms with Crippen LogP contribution in [0.15, 0.2) is 42.6 Å². The minimum atomic E-state index is 0.533. The Morgan fingerprint density at radius 3 is 2.84 bits per heavy atom. The third-order valence-corrected chi connectivity index (χ3v) is 8.84. The van der Waals surface area contributed by atoms with E-state index in [1.165, 1.54) is 28.2 Å². The molecule has 2 aromatic carbocycles.